The predicted molar refractivity (Wildman–Crippen MR) is 123 cm³/mol. The van der Waals surface area contributed by atoms with Crippen LogP contribution in [0.5, 0.6) is 0 Å². The van der Waals surface area contributed by atoms with Crippen LogP contribution in [0.25, 0.3) is 0 Å². The summed E-state index contributed by atoms with van der Waals surface area (Å²) < 4.78 is 0. The van der Waals surface area contributed by atoms with Crippen LogP contribution in [-0.4, -0.2) is 45.5 Å². The number of nitrogens with one attached hydrogen (secondary N) is 1. The van der Waals surface area contributed by atoms with Crippen molar-refractivity contribution in [3.63, 3.8) is 0 Å². The molecule has 2 aliphatic heterocycles. The van der Waals surface area contributed by atoms with Crippen LogP contribution in [0.2, 0.25) is 5.02 Å². The van der Waals surface area contributed by atoms with Crippen LogP contribution in [0.4, 0.5) is 10.5 Å². The van der Waals surface area contributed by atoms with Gasteiger partial charge in [0.05, 0.1) is 12.6 Å². The largest absolute Gasteiger partial charge is 0.328 e. The maximum Gasteiger partial charge on any atom is 0.328 e. The van der Waals surface area contributed by atoms with Gasteiger partial charge in [-0.05, 0) is 60.2 Å². The summed E-state index contributed by atoms with van der Waals surface area (Å²) in [6.07, 6.45) is 1.81. The van der Waals surface area contributed by atoms with Crippen molar-refractivity contribution in [3.05, 3.63) is 75.7 Å². The molecule has 0 spiro atoms. The third kappa shape index (κ3) is 4.48. The smallest absolute Gasteiger partial charge is 0.325 e. The number of carbonyl (C=O) groups excluding carboxylic acids is 3. The lowest BCUT2D eigenvalue weighted by Gasteiger charge is -2.41. The highest BCUT2D eigenvalue weighted by molar-refractivity contribution is 8.03. The number of benzene rings is 2. The molecule has 0 bridgehead atoms. The quantitative estimate of drug-likeness (QED) is 0.727. The van der Waals surface area contributed by atoms with Gasteiger partial charge in [0.15, 0.2) is 0 Å². The molecule has 2 heterocycles. The Labute approximate surface area is 190 Å². The van der Waals surface area contributed by atoms with E-state index >= 15 is 0 Å². The number of fused-ring (bicyclic) bond motifs is 1. The topological polar surface area (TPSA) is 69.7 Å². The number of hydrogen-bond donors (Lipinski definition) is 1. The second kappa shape index (κ2) is 8.77. The normalized spacial score (nSPS) is 20.2. The molecule has 1 fully saturated rings. The molecule has 2 aliphatic rings. The first-order chi connectivity index (χ1) is 14.8. The Hall–Kier alpha value is -2.77. The van der Waals surface area contributed by atoms with Crippen molar-refractivity contribution in [2.24, 2.45) is 0 Å². The molecule has 0 saturated carbocycles. The van der Waals surface area contributed by atoms with Gasteiger partial charge in [0.2, 0.25) is 11.8 Å². The zero-order chi connectivity index (χ0) is 22.1. The van der Waals surface area contributed by atoms with Gasteiger partial charge in [-0.1, -0.05) is 35.9 Å². The maximum absolute atomic E-state index is 13.3. The lowest BCUT2D eigenvalue weighted by Crippen LogP contribution is -2.62. The SMILES string of the molecule is Cc1ccc(CN2C(=O)C3SC=CC3N(CC(=O)Nc3ccc(Cl)cc3)C2=O)cc1C. The third-order valence-electron chi connectivity index (χ3n) is 5.51. The number of halogens is 1. The van der Waals surface area contributed by atoms with Gasteiger partial charge >= 0.3 is 6.03 Å². The Balaban J connectivity index is 1.53. The molecule has 0 radical (unpaired) electrons. The highest BCUT2D eigenvalue weighted by Crippen LogP contribution is 2.35. The number of imide groups is 1. The molecule has 6 nitrogen and oxygen atoms in total. The maximum atomic E-state index is 13.3. The van der Waals surface area contributed by atoms with Crippen LogP contribution in [0.1, 0.15) is 16.7 Å². The molecular formula is C23H22ClN3O3S. The first kappa shape index (κ1) is 21.5. The summed E-state index contributed by atoms with van der Waals surface area (Å²) in [4.78, 5) is 41.7. The summed E-state index contributed by atoms with van der Waals surface area (Å²) in [7, 11) is 0. The van der Waals surface area contributed by atoms with Gasteiger partial charge in [-0.15, -0.1) is 11.8 Å². The minimum absolute atomic E-state index is 0.149. The summed E-state index contributed by atoms with van der Waals surface area (Å²) in [5, 5.41) is 4.74. The summed E-state index contributed by atoms with van der Waals surface area (Å²) >= 11 is 7.27. The monoisotopic (exact) mass is 455 g/mol. The molecule has 1 saturated heterocycles. The second-order valence-corrected chi connectivity index (χ2v) is 9.17. The molecule has 160 valence electrons. The summed E-state index contributed by atoms with van der Waals surface area (Å²) in [6.45, 7) is 4.05. The van der Waals surface area contributed by atoms with E-state index < -0.39 is 17.3 Å². The molecule has 4 rings (SSSR count). The van der Waals surface area contributed by atoms with E-state index in [0.29, 0.717) is 10.7 Å². The molecule has 0 aliphatic carbocycles. The van der Waals surface area contributed by atoms with E-state index in [2.05, 4.69) is 5.32 Å². The van der Waals surface area contributed by atoms with Gasteiger partial charge in [-0.3, -0.25) is 14.5 Å². The predicted octanol–water partition coefficient (Wildman–Crippen LogP) is 4.36. The van der Waals surface area contributed by atoms with Crippen molar-refractivity contribution in [2.45, 2.75) is 31.7 Å². The van der Waals surface area contributed by atoms with Gasteiger partial charge in [0.1, 0.15) is 11.8 Å². The molecule has 2 unspecified atom stereocenters. The molecule has 2 aromatic carbocycles. The number of urea groups is 1. The second-order valence-electron chi connectivity index (χ2n) is 7.68. The van der Waals surface area contributed by atoms with Crippen LogP contribution >= 0.6 is 23.4 Å². The standard InChI is InChI=1S/C23H22ClN3O3S/c1-14-3-4-16(11-15(14)2)12-27-22(29)21-19(9-10-31-21)26(23(27)30)13-20(28)25-18-7-5-17(24)6-8-18/h3-11,19,21H,12-13H2,1-2H3,(H,25,28). The number of amides is 4. The highest BCUT2D eigenvalue weighted by atomic mass is 35.5. The molecule has 4 amide bonds. The van der Waals surface area contributed by atoms with Gasteiger partial charge in [0, 0.05) is 10.7 Å². The van der Waals surface area contributed by atoms with E-state index in [4.69, 9.17) is 11.6 Å². The van der Waals surface area contributed by atoms with Crippen molar-refractivity contribution >= 4 is 46.9 Å². The van der Waals surface area contributed by atoms with Crippen molar-refractivity contribution < 1.29 is 14.4 Å². The molecule has 8 heteroatoms. The van der Waals surface area contributed by atoms with Crippen molar-refractivity contribution in [1.29, 1.82) is 0 Å². The number of thioether (sulfide) groups is 1. The van der Waals surface area contributed by atoms with Crippen LogP contribution < -0.4 is 5.32 Å². The minimum atomic E-state index is -0.456. The van der Waals surface area contributed by atoms with Gasteiger partial charge in [0.25, 0.3) is 0 Å². The third-order valence-corrected chi connectivity index (χ3v) is 6.85. The Morgan fingerprint density at radius 2 is 1.84 bits per heavy atom. The minimum Gasteiger partial charge on any atom is -0.325 e. The number of anilines is 1. The van der Waals surface area contributed by atoms with Gasteiger partial charge in [-0.25, -0.2) is 4.79 Å². The van der Waals surface area contributed by atoms with Crippen molar-refractivity contribution in [2.75, 3.05) is 11.9 Å². The summed E-state index contributed by atoms with van der Waals surface area (Å²) in [6, 6.07) is 11.8. The Kier molecular flexibility index (Phi) is 6.07. The fourth-order valence-electron chi connectivity index (χ4n) is 3.69. The van der Waals surface area contributed by atoms with Gasteiger partial charge < -0.3 is 10.2 Å². The summed E-state index contributed by atoms with van der Waals surface area (Å²) in [5.74, 6) is -0.558. The van der Waals surface area contributed by atoms with Crippen LogP contribution in [-0.2, 0) is 16.1 Å². The zero-order valence-corrected chi connectivity index (χ0v) is 18.7. The first-order valence-corrected chi connectivity index (χ1v) is 11.2. The lowest BCUT2D eigenvalue weighted by atomic mass is 10.0. The Morgan fingerprint density at radius 1 is 1.10 bits per heavy atom. The molecule has 31 heavy (non-hydrogen) atoms. The number of hydrogen-bond acceptors (Lipinski definition) is 4. The van der Waals surface area contributed by atoms with Crippen LogP contribution in [0.15, 0.2) is 53.9 Å². The van der Waals surface area contributed by atoms with E-state index in [0.717, 1.165) is 16.7 Å². The number of nitrogens with zero attached hydrogens (tertiary/aromatic N) is 2. The first-order valence-electron chi connectivity index (χ1n) is 9.89. The van der Waals surface area contributed by atoms with Crippen molar-refractivity contribution in [1.82, 2.24) is 9.80 Å². The van der Waals surface area contributed by atoms with Crippen LogP contribution in [0, 0.1) is 13.8 Å². The lowest BCUT2D eigenvalue weighted by molar-refractivity contribution is -0.132. The number of rotatable bonds is 5. The van der Waals surface area contributed by atoms with E-state index in [9.17, 15) is 14.4 Å². The molecular weight excluding hydrogens is 434 g/mol. The average Bonchev–Trinajstić information content (AvgIpc) is 3.23. The van der Waals surface area contributed by atoms with Gasteiger partial charge in [-0.2, -0.15) is 0 Å². The fraction of sp³-hybridized carbons (Fsp3) is 0.261. The van der Waals surface area contributed by atoms with E-state index in [1.54, 1.807) is 24.3 Å². The molecule has 2 aromatic rings. The number of carbonyl (C=O) groups is 3. The highest BCUT2D eigenvalue weighted by Gasteiger charge is 2.47. The zero-order valence-electron chi connectivity index (χ0n) is 17.2. The summed E-state index contributed by atoms with van der Waals surface area (Å²) in [5.41, 5.74) is 3.72. The Morgan fingerprint density at radius 3 is 2.55 bits per heavy atom. The molecule has 2 atom stereocenters. The molecule has 1 N–H and O–H groups in total. The average molecular weight is 456 g/mol. The van der Waals surface area contributed by atoms with Crippen LogP contribution in [0.3, 0.4) is 0 Å². The Bertz CT molecular complexity index is 1070. The molecule has 0 aromatic heterocycles. The van der Waals surface area contributed by atoms with Crippen molar-refractivity contribution in [3.8, 4) is 0 Å². The fourth-order valence-corrected chi connectivity index (χ4v) is 4.87. The van der Waals surface area contributed by atoms with E-state index in [1.165, 1.54) is 21.6 Å². The van der Waals surface area contributed by atoms with E-state index in [-0.39, 0.29) is 24.9 Å². The number of aryl methyl sites for hydroxylation is 2. The van der Waals surface area contributed by atoms with E-state index in [1.807, 2.05) is 43.5 Å².